The molecule has 0 spiro atoms. The maximum Gasteiger partial charge on any atom is 0.118 e. The third kappa shape index (κ3) is 4.26. The second kappa shape index (κ2) is 7.51. The summed E-state index contributed by atoms with van der Waals surface area (Å²) in [6.45, 7) is 0. The lowest BCUT2D eigenvalue weighted by atomic mass is 9.95. The van der Waals surface area contributed by atoms with Crippen LogP contribution in [0, 0.1) is 0 Å². The van der Waals surface area contributed by atoms with Crippen molar-refractivity contribution in [3.05, 3.63) is 59.7 Å². The molecule has 1 aliphatic rings. The lowest BCUT2D eigenvalue weighted by molar-refractivity contribution is -0.0546. The number of hydrogen-bond acceptors (Lipinski definition) is 3. The molecule has 2 atom stereocenters. The molecule has 0 aliphatic carbocycles. The van der Waals surface area contributed by atoms with Gasteiger partial charge in [0.2, 0.25) is 0 Å². The number of phenolic OH excluding ortho intramolecular Hbond substituents is 1. The molecule has 1 fully saturated rings. The number of rotatable bonds is 5. The SMILES string of the molecule is COc1ccc(C2CCCC(CCc3ccc(O)cc3)O2)cc1. The van der Waals surface area contributed by atoms with E-state index in [1.807, 2.05) is 24.3 Å². The Hall–Kier alpha value is -2.00. The number of hydrogen-bond donors (Lipinski definition) is 1. The van der Waals surface area contributed by atoms with Crippen molar-refractivity contribution >= 4 is 0 Å². The predicted molar refractivity (Wildman–Crippen MR) is 90.9 cm³/mol. The minimum atomic E-state index is 0.194. The predicted octanol–water partition coefficient (Wildman–Crippen LogP) is 4.64. The monoisotopic (exact) mass is 312 g/mol. The highest BCUT2D eigenvalue weighted by molar-refractivity contribution is 5.29. The Balaban J connectivity index is 1.56. The minimum Gasteiger partial charge on any atom is -0.508 e. The van der Waals surface area contributed by atoms with Gasteiger partial charge < -0.3 is 14.6 Å². The fraction of sp³-hybridized carbons (Fsp3) is 0.400. The quantitative estimate of drug-likeness (QED) is 0.874. The van der Waals surface area contributed by atoms with E-state index < -0.39 is 0 Å². The molecule has 3 heteroatoms. The molecule has 0 aromatic heterocycles. The van der Waals surface area contributed by atoms with E-state index in [0.717, 1.165) is 31.4 Å². The average molecular weight is 312 g/mol. The van der Waals surface area contributed by atoms with Gasteiger partial charge in [-0.1, -0.05) is 24.3 Å². The Morgan fingerprint density at radius 3 is 2.48 bits per heavy atom. The number of aryl methyl sites for hydroxylation is 1. The lowest BCUT2D eigenvalue weighted by Gasteiger charge is -2.30. The molecule has 122 valence electrons. The highest BCUT2D eigenvalue weighted by Crippen LogP contribution is 2.33. The van der Waals surface area contributed by atoms with Gasteiger partial charge in [0.15, 0.2) is 0 Å². The zero-order valence-electron chi connectivity index (χ0n) is 13.6. The largest absolute Gasteiger partial charge is 0.508 e. The van der Waals surface area contributed by atoms with E-state index >= 15 is 0 Å². The van der Waals surface area contributed by atoms with E-state index in [4.69, 9.17) is 9.47 Å². The maximum absolute atomic E-state index is 9.34. The van der Waals surface area contributed by atoms with Crippen LogP contribution >= 0.6 is 0 Å². The van der Waals surface area contributed by atoms with Crippen LogP contribution < -0.4 is 4.74 Å². The van der Waals surface area contributed by atoms with Gasteiger partial charge >= 0.3 is 0 Å². The van der Waals surface area contributed by atoms with Crippen molar-refractivity contribution in [2.45, 2.75) is 44.3 Å². The summed E-state index contributed by atoms with van der Waals surface area (Å²) in [6, 6.07) is 15.7. The molecule has 0 bridgehead atoms. The van der Waals surface area contributed by atoms with Crippen molar-refractivity contribution in [1.29, 1.82) is 0 Å². The molecular formula is C20H24O3. The van der Waals surface area contributed by atoms with Crippen LogP contribution in [-0.2, 0) is 11.2 Å². The summed E-state index contributed by atoms with van der Waals surface area (Å²) >= 11 is 0. The van der Waals surface area contributed by atoms with E-state index in [9.17, 15) is 5.11 Å². The van der Waals surface area contributed by atoms with Crippen LogP contribution in [0.1, 0.15) is 42.9 Å². The van der Waals surface area contributed by atoms with Gasteiger partial charge in [0.05, 0.1) is 19.3 Å². The van der Waals surface area contributed by atoms with Gasteiger partial charge in [0, 0.05) is 0 Å². The van der Waals surface area contributed by atoms with Crippen molar-refractivity contribution in [2.75, 3.05) is 7.11 Å². The first kappa shape index (κ1) is 15.9. The summed E-state index contributed by atoms with van der Waals surface area (Å²) in [7, 11) is 1.69. The third-order valence-electron chi connectivity index (χ3n) is 4.53. The summed E-state index contributed by atoms with van der Waals surface area (Å²) < 4.78 is 11.5. The first-order chi connectivity index (χ1) is 11.2. The van der Waals surface area contributed by atoms with E-state index in [1.54, 1.807) is 19.2 Å². The van der Waals surface area contributed by atoms with Gasteiger partial charge in [-0.3, -0.25) is 0 Å². The van der Waals surface area contributed by atoms with Gasteiger partial charge in [0.25, 0.3) is 0 Å². The molecule has 3 rings (SSSR count). The molecule has 0 radical (unpaired) electrons. The van der Waals surface area contributed by atoms with Crippen LogP contribution in [-0.4, -0.2) is 18.3 Å². The van der Waals surface area contributed by atoms with E-state index in [-0.39, 0.29) is 6.10 Å². The van der Waals surface area contributed by atoms with Crippen molar-refractivity contribution in [2.24, 2.45) is 0 Å². The fourth-order valence-electron chi connectivity index (χ4n) is 3.17. The molecule has 1 aliphatic heterocycles. The second-order valence-electron chi connectivity index (χ2n) is 6.16. The zero-order valence-corrected chi connectivity index (χ0v) is 13.6. The summed E-state index contributed by atoms with van der Waals surface area (Å²) in [5.74, 6) is 1.20. The van der Waals surface area contributed by atoms with Crippen LogP contribution in [0.4, 0.5) is 0 Å². The van der Waals surface area contributed by atoms with Gasteiger partial charge in [0.1, 0.15) is 11.5 Å². The Morgan fingerprint density at radius 2 is 1.78 bits per heavy atom. The number of ether oxygens (including phenoxy) is 2. The summed E-state index contributed by atoms with van der Waals surface area (Å²) in [4.78, 5) is 0. The summed E-state index contributed by atoms with van der Waals surface area (Å²) in [6.07, 6.45) is 5.94. The molecule has 0 amide bonds. The van der Waals surface area contributed by atoms with Crippen molar-refractivity contribution < 1.29 is 14.6 Å². The van der Waals surface area contributed by atoms with Crippen molar-refractivity contribution in [1.82, 2.24) is 0 Å². The molecule has 1 heterocycles. The standard InChI is InChI=1S/C20H24O3/c1-22-18-13-8-16(9-14-18)20-4-2-3-19(23-20)12-7-15-5-10-17(21)11-6-15/h5-6,8-11,13-14,19-21H,2-4,7,12H2,1H3. The summed E-state index contributed by atoms with van der Waals surface area (Å²) in [5, 5.41) is 9.34. The maximum atomic E-state index is 9.34. The Kier molecular flexibility index (Phi) is 5.19. The molecular weight excluding hydrogens is 288 g/mol. The molecule has 23 heavy (non-hydrogen) atoms. The molecule has 2 aromatic rings. The molecule has 1 N–H and O–H groups in total. The number of phenols is 1. The van der Waals surface area contributed by atoms with Crippen LogP contribution in [0.15, 0.2) is 48.5 Å². The topological polar surface area (TPSA) is 38.7 Å². The molecule has 0 saturated carbocycles. The van der Waals surface area contributed by atoms with Gasteiger partial charge in [-0.15, -0.1) is 0 Å². The van der Waals surface area contributed by atoms with E-state index in [1.165, 1.54) is 17.5 Å². The van der Waals surface area contributed by atoms with Crippen LogP contribution in [0.3, 0.4) is 0 Å². The number of aromatic hydroxyl groups is 1. The van der Waals surface area contributed by atoms with Gasteiger partial charge in [-0.2, -0.15) is 0 Å². The van der Waals surface area contributed by atoms with E-state index in [0.29, 0.717) is 11.9 Å². The molecule has 2 unspecified atom stereocenters. The minimum absolute atomic E-state index is 0.194. The van der Waals surface area contributed by atoms with E-state index in [2.05, 4.69) is 12.1 Å². The van der Waals surface area contributed by atoms with Crippen LogP contribution in [0.5, 0.6) is 11.5 Å². The normalized spacial score (nSPS) is 21.1. The van der Waals surface area contributed by atoms with Crippen molar-refractivity contribution in [3.63, 3.8) is 0 Å². The third-order valence-corrected chi connectivity index (χ3v) is 4.53. The highest BCUT2D eigenvalue weighted by atomic mass is 16.5. The lowest BCUT2D eigenvalue weighted by Crippen LogP contribution is -2.23. The fourth-order valence-corrected chi connectivity index (χ4v) is 3.17. The Labute approximate surface area is 137 Å². The van der Waals surface area contributed by atoms with Crippen molar-refractivity contribution in [3.8, 4) is 11.5 Å². The van der Waals surface area contributed by atoms with Crippen LogP contribution in [0.2, 0.25) is 0 Å². The van der Waals surface area contributed by atoms with Gasteiger partial charge in [-0.25, -0.2) is 0 Å². The molecule has 1 saturated heterocycles. The Bertz CT molecular complexity index is 604. The first-order valence-corrected chi connectivity index (χ1v) is 8.32. The molecule has 2 aromatic carbocycles. The average Bonchev–Trinajstić information content (AvgIpc) is 2.61. The highest BCUT2D eigenvalue weighted by Gasteiger charge is 2.23. The zero-order chi connectivity index (χ0) is 16.1. The van der Waals surface area contributed by atoms with Gasteiger partial charge in [-0.05, 0) is 67.5 Å². The number of benzene rings is 2. The Morgan fingerprint density at radius 1 is 1.04 bits per heavy atom. The smallest absolute Gasteiger partial charge is 0.118 e. The molecule has 3 nitrogen and oxygen atoms in total. The van der Waals surface area contributed by atoms with Crippen LogP contribution in [0.25, 0.3) is 0 Å². The first-order valence-electron chi connectivity index (χ1n) is 8.32. The second-order valence-corrected chi connectivity index (χ2v) is 6.16. The summed E-state index contributed by atoms with van der Waals surface area (Å²) in [5.41, 5.74) is 2.48. The number of methoxy groups -OCH3 is 1.